The summed E-state index contributed by atoms with van der Waals surface area (Å²) in [5.74, 6) is 0.264. The van der Waals surface area contributed by atoms with Crippen LogP contribution in [0.4, 0.5) is 4.79 Å². The maximum atomic E-state index is 12.1. The van der Waals surface area contributed by atoms with Crippen LogP contribution in [0, 0.1) is 5.92 Å². The second-order valence-corrected chi connectivity index (χ2v) is 5.69. The Morgan fingerprint density at radius 3 is 2.95 bits per heavy atom. The van der Waals surface area contributed by atoms with Gasteiger partial charge in [0, 0.05) is 26.7 Å². The maximum Gasteiger partial charge on any atom is 0.317 e. The summed E-state index contributed by atoms with van der Waals surface area (Å²) >= 11 is 0. The second-order valence-electron chi connectivity index (χ2n) is 5.69. The fourth-order valence-corrected chi connectivity index (χ4v) is 2.52. The van der Waals surface area contributed by atoms with Crippen LogP contribution in [0.1, 0.15) is 24.5 Å². The number of nitrogens with zero attached hydrogens (tertiary/aromatic N) is 1. The summed E-state index contributed by atoms with van der Waals surface area (Å²) < 4.78 is 5.10. The van der Waals surface area contributed by atoms with Gasteiger partial charge in [-0.2, -0.15) is 0 Å². The van der Waals surface area contributed by atoms with Crippen molar-refractivity contribution in [3.8, 4) is 0 Å². The van der Waals surface area contributed by atoms with Gasteiger partial charge in [-0.1, -0.05) is 31.2 Å². The first-order chi connectivity index (χ1) is 10.1. The minimum atomic E-state index is -0.422. The van der Waals surface area contributed by atoms with E-state index in [0.717, 1.165) is 17.5 Å². The van der Waals surface area contributed by atoms with Crippen LogP contribution in [0.25, 0.3) is 0 Å². The van der Waals surface area contributed by atoms with Crippen LogP contribution >= 0.6 is 0 Å². The van der Waals surface area contributed by atoms with E-state index in [1.807, 2.05) is 31.2 Å². The van der Waals surface area contributed by atoms with E-state index in [4.69, 9.17) is 4.74 Å². The number of methoxy groups -OCH3 is 1. The molecule has 0 bridgehead atoms. The fraction of sp³-hybridized carbons (Fsp3) is 0.562. The van der Waals surface area contributed by atoms with Gasteiger partial charge in [-0.25, -0.2) is 4.79 Å². The lowest BCUT2D eigenvalue weighted by Gasteiger charge is -2.34. The molecule has 1 aliphatic rings. The Morgan fingerprint density at radius 2 is 2.24 bits per heavy atom. The Morgan fingerprint density at radius 1 is 1.48 bits per heavy atom. The number of rotatable bonds is 4. The molecule has 2 amide bonds. The quantitative estimate of drug-likeness (QED) is 0.888. The number of likely N-dealkylation sites (tertiary alicyclic amines) is 1. The predicted octanol–water partition coefficient (Wildman–Crippen LogP) is 1.75. The van der Waals surface area contributed by atoms with Crippen molar-refractivity contribution in [1.29, 1.82) is 0 Å². The Hall–Kier alpha value is -1.59. The zero-order valence-electron chi connectivity index (χ0n) is 12.7. The SMILES string of the molecule is COCc1cccc(CNC(=O)N2CCC(C)C(O)C2)c1. The third kappa shape index (κ3) is 4.44. The summed E-state index contributed by atoms with van der Waals surface area (Å²) in [6, 6.07) is 7.85. The Kier molecular flexibility index (Phi) is 5.59. The number of β-amino-alcohol motifs (C(OH)–C–C–N with tert-alkyl or cyclic N) is 1. The van der Waals surface area contributed by atoms with Crippen LogP contribution in [-0.2, 0) is 17.9 Å². The normalized spacial score (nSPS) is 22.1. The Balaban J connectivity index is 1.85. The van der Waals surface area contributed by atoms with Gasteiger partial charge in [0.25, 0.3) is 0 Å². The molecule has 2 unspecified atom stereocenters. The van der Waals surface area contributed by atoms with Crippen LogP contribution in [0.15, 0.2) is 24.3 Å². The van der Waals surface area contributed by atoms with Crippen LogP contribution < -0.4 is 5.32 Å². The van der Waals surface area contributed by atoms with Gasteiger partial charge in [0.1, 0.15) is 0 Å². The highest BCUT2D eigenvalue weighted by Gasteiger charge is 2.26. The van der Waals surface area contributed by atoms with Gasteiger partial charge >= 0.3 is 6.03 Å². The summed E-state index contributed by atoms with van der Waals surface area (Å²) in [5, 5.41) is 12.8. The number of nitrogens with one attached hydrogen (secondary N) is 1. The molecule has 116 valence electrons. The van der Waals surface area contributed by atoms with Crippen molar-refractivity contribution in [1.82, 2.24) is 10.2 Å². The molecule has 2 rings (SSSR count). The average molecular weight is 292 g/mol. The molecule has 0 saturated carbocycles. The number of piperidine rings is 1. The highest BCUT2D eigenvalue weighted by atomic mass is 16.5. The van der Waals surface area contributed by atoms with Crippen molar-refractivity contribution in [2.75, 3.05) is 20.2 Å². The van der Waals surface area contributed by atoms with Crippen molar-refractivity contribution in [3.05, 3.63) is 35.4 Å². The van der Waals surface area contributed by atoms with Gasteiger partial charge in [0.05, 0.1) is 12.7 Å². The van der Waals surface area contributed by atoms with Gasteiger partial charge in [-0.15, -0.1) is 0 Å². The van der Waals surface area contributed by atoms with E-state index in [2.05, 4.69) is 5.32 Å². The molecule has 1 fully saturated rings. The molecule has 0 spiro atoms. The van der Waals surface area contributed by atoms with Gasteiger partial charge in [-0.3, -0.25) is 0 Å². The predicted molar refractivity (Wildman–Crippen MR) is 80.8 cm³/mol. The number of amides is 2. The number of hydrogen-bond donors (Lipinski definition) is 2. The van der Waals surface area contributed by atoms with Gasteiger partial charge in [0.15, 0.2) is 0 Å². The van der Waals surface area contributed by atoms with E-state index in [1.165, 1.54) is 0 Å². The molecule has 0 aromatic heterocycles. The van der Waals surface area contributed by atoms with Crippen LogP contribution in [0.2, 0.25) is 0 Å². The number of ether oxygens (including phenoxy) is 1. The molecule has 1 saturated heterocycles. The first kappa shape index (κ1) is 15.8. The average Bonchev–Trinajstić information content (AvgIpc) is 2.48. The van der Waals surface area contributed by atoms with Crippen molar-refractivity contribution in [2.24, 2.45) is 5.92 Å². The summed E-state index contributed by atoms with van der Waals surface area (Å²) in [5.41, 5.74) is 2.13. The number of urea groups is 1. The smallest absolute Gasteiger partial charge is 0.317 e. The number of carbonyl (C=O) groups excluding carboxylic acids is 1. The molecule has 1 aromatic rings. The van der Waals surface area contributed by atoms with Gasteiger partial charge in [-0.05, 0) is 23.5 Å². The molecule has 0 aliphatic carbocycles. The molecule has 1 aromatic carbocycles. The number of aliphatic hydroxyl groups excluding tert-OH is 1. The van der Waals surface area contributed by atoms with Crippen LogP contribution in [0.5, 0.6) is 0 Å². The number of hydrogen-bond acceptors (Lipinski definition) is 3. The zero-order chi connectivity index (χ0) is 15.2. The minimum Gasteiger partial charge on any atom is -0.391 e. The number of aliphatic hydroxyl groups is 1. The minimum absolute atomic E-state index is 0.113. The molecule has 0 radical (unpaired) electrons. The number of carbonyl (C=O) groups is 1. The second kappa shape index (κ2) is 7.43. The third-order valence-electron chi connectivity index (χ3n) is 3.95. The van der Waals surface area contributed by atoms with Crippen molar-refractivity contribution in [2.45, 2.75) is 32.6 Å². The van der Waals surface area contributed by atoms with Crippen LogP contribution in [0.3, 0.4) is 0 Å². The summed E-state index contributed by atoms with van der Waals surface area (Å²) in [6.45, 7) is 4.18. The highest BCUT2D eigenvalue weighted by Crippen LogP contribution is 2.17. The molecule has 2 atom stereocenters. The summed E-state index contributed by atoms with van der Waals surface area (Å²) in [6.07, 6.45) is 0.423. The summed E-state index contributed by atoms with van der Waals surface area (Å²) in [4.78, 5) is 13.8. The molecule has 21 heavy (non-hydrogen) atoms. The molecule has 5 heteroatoms. The third-order valence-corrected chi connectivity index (χ3v) is 3.95. The lowest BCUT2D eigenvalue weighted by molar-refractivity contribution is 0.0435. The lowest BCUT2D eigenvalue weighted by Crippen LogP contribution is -2.49. The van der Waals surface area contributed by atoms with Crippen molar-refractivity contribution in [3.63, 3.8) is 0 Å². The highest BCUT2D eigenvalue weighted by molar-refractivity contribution is 5.74. The molecule has 1 heterocycles. The molecule has 1 aliphatic heterocycles. The molecular formula is C16H24N2O3. The lowest BCUT2D eigenvalue weighted by atomic mass is 9.96. The van der Waals surface area contributed by atoms with E-state index in [-0.39, 0.29) is 11.9 Å². The van der Waals surface area contributed by atoms with E-state index >= 15 is 0 Å². The van der Waals surface area contributed by atoms with Crippen molar-refractivity contribution < 1.29 is 14.6 Å². The molecular weight excluding hydrogens is 268 g/mol. The van der Waals surface area contributed by atoms with Crippen LogP contribution in [-0.4, -0.2) is 42.3 Å². The van der Waals surface area contributed by atoms with Crippen molar-refractivity contribution >= 4 is 6.03 Å². The standard InChI is InChI=1S/C16H24N2O3/c1-12-6-7-18(10-15(12)19)16(20)17-9-13-4-3-5-14(8-13)11-21-2/h3-5,8,12,15,19H,6-7,9-11H2,1-2H3,(H,17,20). The van der Waals surface area contributed by atoms with E-state index < -0.39 is 6.10 Å². The molecule has 5 nitrogen and oxygen atoms in total. The Bertz CT molecular complexity index is 478. The first-order valence-electron chi connectivity index (χ1n) is 7.37. The van der Waals surface area contributed by atoms with E-state index in [1.54, 1.807) is 12.0 Å². The van der Waals surface area contributed by atoms with E-state index in [9.17, 15) is 9.90 Å². The van der Waals surface area contributed by atoms with E-state index in [0.29, 0.717) is 26.2 Å². The Labute approximate surface area is 125 Å². The first-order valence-corrected chi connectivity index (χ1v) is 7.37. The van der Waals surface area contributed by atoms with Gasteiger partial charge < -0.3 is 20.1 Å². The fourth-order valence-electron chi connectivity index (χ4n) is 2.52. The topological polar surface area (TPSA) is 61.8 Å². The summed E-state index contributed by atoms with van der Waals surface area (Å²) in [7, 11) is 1.66. The largest absolute Gasteiger partial charge is 0.391 e. The zero-order valence-corrected chi connectivity index (χ0v) is 12.7. The maximum absolute atomic E-state index is 12.1. The monoisotopic (exact) mass is 292 g/mol. The number of benzene rings is 1. The van der Waals surface area contributed by atoms with Gasteiger partial charge in [0.2, 0.25) is 0 Å². The molecule has 2 N–H and O–H groups in total.